The molecule has 0 radical (unpaired) electrons. The van der Waals surface area contributed by atoms with Gasteiger partial charge in [-0.05, 0) is 19.9 Å². The van der Waals surface area contributed by atoms with Gasteiger partial charge in [-0.3, -0.25) is 4.98 Å². The summed E-state index contributed by atoms with van der Waals surface area (Å²) in [5.74, 6) is -0.526. The fourth-order valence-electron chi connectivity index (χ4n) is 1.23. The molecule has 0 spiro atoms. The first kappa shape index (κ1) is 11.1. The summed E-state index contributed by atoms with van der Waals surface area (Å²) in [5.41, 5.74) is -1.15. The summed E-state index contributed by atoms with van der Waals surface area (Å²) < 4.78 is 18.3. The van der Waals surface area contributed by atoms with Crippen LogP contribution < -0.4 is 0 Å². The Balaban J connectivity index is 3.09. The lowest BCUT2D eigenvalue weighted by Crippen LogP contribution is -2.36. The standard InChI is InChI=1S/C10H14FNO2/c1-7(14-3)10(2,13)8-4-5-12-6-9(8)11/h4-7,13H,1-3H3. The van der Waals surface area contributed by atoms with Gasteiger partial charge in [0.1, 0.15) is 11.4 Å². The van der Waals surface area contributed by atoms with Gasteiger partial charge >= 0.3 is 0 Å². The van der Waals surface area contributed by atoms with Crippen molar-refractivity contribution < 1.29 is 14.2 Å². The zero-order valence-corrected chi connectivity index (χ0v) is 8.49. The number of pyridine rings is 1. The molecule has 1 rings (SSSR count). The van der Waals surface area contributed by atoms with E-state index in [2.05, 4.69) is 4.98 Å². The second kappa shape index (κ2) is 4.02. The normalized spacial score (nSPS) is 17.5. The van der Waals surface area contributed by atoms with Gasteiger partial charge < -0.3 is 9.84 Å². The molecule has 1 aromatic rings. The molecule has 0 aliphatic carbocycles. The minimum absolute atomic E-state index is 0.196. The third-order valence-corrected chi connectivity index (χ3v) is 2.46. The fraction of sp³-hybridized carbons (Fsp3) is 0.500. The topological polar surface area (TPSA) is 42.4 Å². The first-order valence-electron chi connectivity index (χ1n) is 4.35. The van der Waals surface area contributed by atoms with Crippen LogP contribution in [0.25, 0.3) is 0 Å². The molecule has 14 heavy (non-hydrogen) atoms. The summed E-state index contributed by atoms with van der Waals surface area (Å²) in [7, 11) is 1.47. The van der Waals surface area contributed by atoms with Crippen molar-refractivity contribution in [2.75, 3.05) is 7.11 Å². The summed E-state index contributed by atoms with van der Waals surface area (Å²) in [4.78, 5) is 3.62. The first-order chi connectivity index (χ1) is 6.50. The Morgan fingerprint density at radius 1 is 1.64 bits per heavy atom. The second-order valence-electron chi connectivity index (χ2n) is 3.38. The van der Waals surface area contributed by atoms with Crippen molar-refractivity contribution in [3.63, 3.8) is 0 Å². The molecule has 2 atom stereocenters. The van der Waals surface area contributed by atoms with E-state index in [-0.39, 0.29) is 5.56 Å². The number of nitrogens with zero attached hydrogens (tertiary/aromatic N) is 1. The lowest BCUT2D eigenvalue weighted by molar-refractivity contribution is -0.0791. The molecule has 0 aliphatic rings. The quantitative estimate of drug-likeness (QED) is 0.801. The SMILES string of the molecule is COC(C)C(C)(O)c1ccncc1F. The highest BCUT2D eigenvalue weighted by Gasteiger charge is 2.33. The van der Waals surface area contributed by atoms with Crippen LogP contribution in [0, 0.1) is 5.82 Å². The Morgan fingerprint density at radius 3 is 2.79 bits per heavy atom. The molecule has 1 heterocycles. The van der Waals surface area contributed by atoms with Crippen LogP contribution in [0.2, 0.25) is 0 Å². The minimum atomic E-state index is -1.35. The van der Waals surface area contributed by atoms with Crippen molar-refractivity contribution in [2.24, 2.45) is 0 Å². The van der Waals surface area contributed by atoms with E-state index in [0.29, 0.717) is 0 Å². The van der Waals surface area contributed by atoms with E-state index in [9.17, 15) is 9.50 Å². The van der Waals surface area contributed by atoms with Gasteiger partial charge in [0.05, 0.1) is 12.3 Å². The molecule has 0 fully saturated rings. The van der Waals surface area contributed by atoms with Crippen molar-refractivity contribution >= 4 is 0 Å². The number of halogens is 1. The lowest BCUT2D eigenvalue weighted by atomic mass is 9.91. The van der Waals surface area contributed by atoms with E-state index in [4.69, 9.17) is 4.74 Å². The van der Waals surface area contributed by atoms with E-state index in [1.807, 2.05) is 0 Å². The van der Waals surface area contributed by atoms with Crippen molar-refractivity contribution in [3.8, 4) is 0 Å². The summed E-state index contributed by atoms with van der Waals surface area (Å²) in [6, 6.07) is 1.45. The summed E-state index contributed by atoms with van der Waals surface area (Å²) in [5, 5.41) is 10.0. The highest BCUT2D eigenvalue weighted by atomic mass is 19.1. The molecule has 0 aliphatic heterocycles. The third-order valence-electron chi connectivity index (χ3n) is 2.46. The average Bonchev–Trinajstić information content (AvgIpc) is 2.17. The minimum Gasteiger partial charge on any atom is -0.383 e. The van der Waals surface area contributed by atoms with Gasteiger partial charge in [-0.2, -0.15) is 0 Å². The van der Waals surface area contributed by atoms with Gasteiger partial charge in [0.25, 0.3) is 0 Å². The van der Waals surface area contributed by atoms with Crippen LogP contribution in [-0.4, -0.2) is 23.3 Å². The molecule has 0 bridgehead atoms. The largest absolute Gasteiger partial charge is 0.383 e. The van der Waals surface area contributed by atoms with Gasteiger partial charge in [0.15, 0.2) is 0 Å². The molecule has 1 N–H and O–H groups in total. The van der Waals surface area contributed by atoms with E-state index >= 15 is 0 Å². The Kier molecular flexibility index (Phi) is 3.18. The van der Waals surface area contributed by atoms with Crippen LogP contribution in [0.15, 0.2) is 18.5 Å². The number of hydrogen-bond donors (Lipinski definition) is 1. The lowest BCUT2D eigenvalue weighted by Gasteiger charge is -2.29. The molecule has 0 amide bonds. The predicted octanol–water partition coefficient (Wildman–Crippen LogP) is 1.46. The predicted molar refractivity (Wildman–Crippen MR) is 50.2 cm³/mol. The summed E-state index contributed by atoms with van der Waals surface area (Å²) >= 11 is 0. The Hall–Kier alpha value is -1.00. The molecule has 0 aromatic carbocycles. The van der Waals surface area contributed by atoms with Crippen molar-refractivity contribution in [2.45, 2.75) is 25.6 Å². The van der Waals surface area contributed by atoms with Gasteiger partial charge in [0, 0.05) is 18.9 Å². The Bertz CT molecular complexity index is 315. The number of rotatable bonds is 3. The molecular weight excluding hydrogens is 185 g/mol. The number of aliphatic hydroxyl groups is 1. The first-order valence-corrected chi connectivity index (χ1v) is 4.35. The second-order valence-corrected chi connectivity index (χ2v) is 3.38. The van der Waals surface area contributed by atoms with Gasteiger partial charge in [-0.15, -0.1) is 0 Å². The van der Waals surface area contributed by atoms with Crippen molar-refractivity contribution in [1.82, 2.24) is 4.98 Å². The number of methoxy groups -OCH3 is 1. The molecule has 2 unspecified atom stereocenters. The number of ether oxygens (including phenoxy) is 1. The Morgan fingerprint density at radius 2 is 2.29 bits per heavy atom. The van der Waals surface area contributed by atoms with Gasteiger partial charge in [-0.1, -0.05) is 0 Å². The fourth-order valence-corrected chi connectivity index (χ4v) is 1.23. The van der Waals surface area contributed by atoms with Crippen molar-refractivity contribution in [1.29, 1.82) is 0 Å². The Labute approximate surface area is 82.5 Å². The zero-order valence-electron chi connectivity index (χ0n) is 8.49. The van der Waals surface area contributed by atoms with Gasteiger partial charge in [0.2, 0.25) is 0 Å². The molecule has 1 aromatic heterocycles. The van der Waals surface area contributed by atoms with E-state index in [0.717, 1.165) is 6.20 Å². The molecule has 4 heteroatoms. The highest BCUT2D eigenvalue weighted by molar-refractivity contribution is 5.21. The molecule has 78 valence electrons. The molecule has 3 nitrogen and oxygen atoms in total. The van der Waals surface area contributed by atoms with Crippen molar-refractivity contribution in [3.05, 3.63) is 29.8 Å². The molecule has 0 saturated heterocycles. The summed E-state index contributed by atoms with van der Waals surface area (Å²) in [6.07, 6.45) is 2.03. The average molecular weight is 199 g/mol. The maximum atomic E-state index is 13.3. The monoisotopic (exact) mass is 199 g/mol. The zero-order chi connectivity index (χ0) is 10.8. The number of hydrogen-bond acceptors (Lipinski definition) is 3. The van der Waals surface area contributed by atoms with E-state index in [1.165, 1.54) is 26.3 Å². The smallest absolute Gasteiger partial charge is 0.147 e. The van der Waals surface area contributed by atoms with Crippen LogP contribution in [0.1, 0.15) is 19.4 Å². The number of aromatic nitrogens is 1. The third kappa shape index (κ3) is 1.91. The van der Waals surface area contributed by atoms with Crippen LogP contribution >= 0.6 is 0 Å². The van der Waals surface area contributed by atoms with Gasteiger partial charge in [-0.25, -0.2) is 4.39 Å². The van der Waals surface area contributed by atoms with Crippen LogP contribution in [-0.2, 0) is 10.3 Å². The molecule has 0 saturated carbocycles. The maximum Gasteiger partial charge on any atom is 0.147 e. The summed E-state index contributed by atoms with van der Waals surface area (Å²) in [6.45, 7) is 3.19. The van der Waals surface area contributed by atoms with Crippen LogP contribution in [0.4, 0.5) is 4.39 Å². The maximum absolute atomic E-state index is 13.3. The van der Waals surface area contributed by atoms with E-state index in [1.54, 1.807) is 6.92 Å². The molecular formula is C10H14FNO2. The van der Waals surface area contributed by atoms with E-state index < -0.39 is 17.5 Å². The van der Waals surface area contributed by atoms with Crippen LogP contribution in [0.5, 0.6) is 0 Å². The van der Waals surface area contributed by atoms with Crippen LogP contribution in [0.3, 0.4) is 0 Å². The highest BCUT2D eigenvalue weighted by Crippen LogP contribution is 2.27.